The average Bonchev–Trinajstić information content (AvgIpc) is 2.83. The first-order chi connectivity index (χ1) is 16.8. The molecule has 0 aliphatic carbocycles. The molecule has 0 saturated heterocycles. The van der Waals surface area contributed by atoms with Gasteiger partial charge in [-0.15, -0.1) is 0 Å². The minimum atomic E-state index is -0.694. The highest BCUT2D eigenvalue weighted by molar-refractivity contribution is 14.1. The van der Waals surface area contributed by atoms with Gasteiger partial charge < -0.3 is 26.4 Å². The van der Waals surface area contributed by atoms with E-state index in [0.717, 1.165) is 24.0 Å². The fraction of sp³-hybridized carbons (Fsp3) is 0.423. The molecule has 9 heteroatoms. The number of hydrogen-bond donors (Lipinski definition) is 4. The normalized spacial score (nSPS) is 12.6. The first-order valence-corrected chi connectivity index (χ1v) is 12.9. The van der Waals surface area contributed by atoms with E-state index in [-0.39, 0.29) is 28.4 Å². The summed E-state index contributed by atoms with van der Waals surface area (Å²) in [5.74, 6) is -0.503. The van der Waals surface area contributed by atoms with Gasteiger partial charge in [0.2, 0.25) is 11.8 Å². The van der Waals surface area contributed by atoms with Gasteiger partial charge in [0.1, 0.15) is 12.6 Å². The number of unbranched alkanes of at least 4 members (excludes halogenated alkanes) is 1. The first-order valence-electron chi connectivity index (χ1n) is 11.8. The van der Waals surface area contributed by atoms with E-state index in [1.54, 1.807) is 46.9 Å². The standard InChI is InChI=1S/C26H35IN4O4/c1-18(2)29-23(16-19-8-4-3-5-9-19)25(33)31-22(10-6-7-15-28)24(32)30-21-13-11-20(12-14-21)17-35-26(27)34/h3-5,8-9,11-14,18,22-23,29H,6-7,10,15-17,28H2,1-2H3,(H,30,32)(H,31,33)/t22-,23-/m0/s1. The fourth-order valence-corrected chi connectivity index (χ4v) is 3.72. The predicted octanol–water partition coefficient (Wildman–Crippen LogP) is 3.92. The Morgan fingerprint density at radius 1 is 0.914 bits per heavy atom. The molecular formula is C26H35IN4O4. The quantitative estimate of drug-likeness (QED) is 0.150. The number of benzene rings is 2. The Morgan fingerprint density at radius 2 is 1.60 bits per heavy atom. The molecule has 2 amide bonds. The lowest BCUT2D eigenvalue weighted by molar-refractivity contribution is -0.128. The number of nitrogens with two attached hydrogens (primary N) is 1. The van der Waals surface area contributed by atoms with Gasteiger partial charge in [-0.1, -0.05) is 56.3 Å². The van der Waals surface area contributed by atoms with Crippen LogP contribution in [-0.2, 0) is 27.4 Å². The van der Waals surface area contributed by atoms with Crippen LogP contribution in [0.2, 0.25) is 0 Å². The summed E-state index contributed by atoms with van der Waals surface area (Å²) in [7, 11) is 0. The van der Waals surface area contributed by atoms with E-state index in [9.17, 15) is 14.4 Å². The van der Waals surface area contributed by atoms with Crippen LogP contribution in [0, 0.1) is 0 Å². The molecule has 2 aromatic rings. The van der Waals surface area contributed by atoms with Gasteiger partial charge in [0.25, 0.3) is 0 Å². The molecule has 0 unspecified atom stereocenters. The van der Waals surface area contributed by atoms with E-state index in [1.807, 2.05) is 44.2 Å². The summed E-state index contributed by atoms with van der Waals surface area (Å²) >= 11 is 1.57. The molecule has 2 rings (SSSR count). The molecule has 190 valence electrons. The second kappa shape index (κ2) is 15.5. The van der Waals surface area contributed by atoms with Gasteiger partial charge in [-0.3, -0.25) is 9.59 Å². The van der Waals surface area contributed by atoms with Gasteiger partial charge in [0, 0.05) is 11.7 Å². The molecule has 0 bridgehead atoms. The van der Waals surface area contributed by atoms with E-state index < -0.39 is 12.1 Å². The third kappa shape index (κ3) is 11.2. The van der Waals surface area contributed by atoms with Crippen molar-refractivity contribution in [2.45, 2.75) is 64.3 Å². The predicted molar refractivity (Wildman–Crippen MR) is 146 cm³/mol. The van der Waals surface area contributed by atoms with Crippen LogP contribution in [0.5, 0.6) is 0 Å². The highest BCUT2D eigenvalue weighted by atomic mass is 127. The molecular weight excluding hydrogens is 559 g/mol. The molecule has 2 aromatic carbocycles. The molecule has 0 aliphatic rings. The van der Waals surface area contributed by atoms with Crippen molar-refractivity contribution in [1.29, 1.82) is 0 Å². The maximum atomic E-state index is 13.2. The van der Waals surface area contributed by atoms with Crippen molar-refractivity contribution in [3.63, 3.8) is 0 Å². The zero-order valence-corrected chi connectivity index (χ0v) is 22.4. The Kier molecular flexibility index (Phi) is 12.7. The largest absolute Gasteiger partial charge is 0.453 e. The van der Waals surface area contributed by atoms with Crippen molar-refractivity contribution < 1.29 is 19.1 Å². The van der Waals surface area contributed by atoms with Gasteiger partial charge in [-0.25, -0.2) is 4.79 Å². The summed E-state index contributed by atoms with van der Waals surface area (Å²) in [6, 6.07) is 15.8. The van der Waals surface area contributed by atoms with Crippen LogP contribution in [0.25, 0.3) is 0 Å². The second-order valence-electron chi connectivity index (χ2n) is 8.62. The molecule has 0 aliphatic heterocycles. The molecule has 2 atom stereocenters. The number of halogens is 1. The Balaban J connectivity index is 2.08. The highest BCUT2D eigenvalue weighted by Crippen LogP contribution is 2.13. The molecule has 5 N–H and O–H groups in total. The number of carbonyl (C=O) groups is 3. The minimum absolute atomic E-state index is 0.101. The van der Waals surface area contributed by atoms with Crippen molar-refractivity contribution in [3.05, 3.63) is 65.7 Å². The monoisotopic (exact) mass is 594 g/mol. The summed E-state index contributed by atoms with van der Waals surface area (Å²) in [5.41, 5.74) is 8.08. The Hall–Kier alpha value is -2.50. The smallest absolute Gasteiger partial charge is 0.367 e. The van der Waals surface area contributed by atoms with Gasteiger partial charge in [0.05, 0.1) is 28.6 Å². The molecule has 0 heterocycles. The summed E-state index contributed by atoms with van der Waals surface area (Å²) in [4.78, 5) is 37.3. The summed E-state index contributed by atoms with van der Waals surface area (Å²) in [6.07, 6.45) is 2.49. The lowest BCUT2D eigenvalue weighted by Crippen LogP contribution is -2.53. The van der Waals surface area contributed by atoms with Crippen molar-refractivity contribution in [2.75, 3.05) is 11.9 Å². The number of amides is 2. The van der Waals surface area contributed by atoms with Crippen molar-refractivity contribution in [3.8, 4) is 0 Å². The third-order valence-corrected chi connectivity index (χ3v) is 5.60. The minimum Gasteiger partial charge on any atom is -0.453 e. The molecule has 8 nitrogen and oxygen atoms in total. The molecule has 35 heavy (non-hydrogen) atoms. The average molecular weight is 594 g/mol. The SMILES string of the molecule is CC(C)N[C@@H](Cc1ccccc1)C(=O)N[C@@H](CCCCN)C(=O)Nc1ccc(COC(=O)I)cc1. The van der Waals surface area contributed by atoms with E-state index in [2.05, 4.69) is 16.0 Å². The van der Waals surface area contributed by atoms with E-state index in [1.165, 1.54) is 0 Å². The number of anilines is 1. The van der Waals surface area contributed by atoms with E-state index >= 15 is 0 Å². The number of carbonyl (C=O) groups excluding carboxylic acids is 3. The van der Waals surface area contributed by atoms with Crippen LogP contribution in [0.1, 0.15) is 44.2 Å². The number of nitrogens with one attached hydrogen (secondary N) is 3. The molecule has 0 saturated carbocycles. The molecule has 0 aromatic heterocycles. The van der Waals surface area contributed by atoms with Gasteiger partial charge in [-0.05, 0) is 55.5 Å². The summed E-state index contributed by atoms with van der Waals surface area (Å²) < 4.78 is 4.59. The van der Waals surface area contributed by atoms with Crippen LogP contribution in [0.4, 0.5) is 10.5 Å². The number of rotatable bonds is 14. The maximum Gasteiger partial charge on any atom is 0.367 e. The molecule has 0 radical (unpaired) electrons. The highest BCUT2D eigenvalue weighted by Gasteiger charge is 2.26. The maximum absolute atomic E-state index is 13.2. The van der Waals surface area contributed by atoms with Crippen LogP contribution in [-0.4, -0.2) is 40.5 Å². The van der Waals surface area contributed by atoms with Crippen LogP contribution >= 0.6 is 22.6 Å². The van der Waals surface area contributed by atoms with Crippen LogP contribution in [0.3, 0.4) is 0 Å². The second-order valence-corrected chi connectivity index (χ2v) is 9.50. The van der Waals surface area contributed by atoms with Gasteiger partial charge >= 0.3 is 3.98 Å². The summed E-state index contributed by atoms with van der Waals surface area (Å²) in [5, 5.41) is 9.15. The van der Waals surface area contributed by atoms with Crippen molar-refractivity contribution in [2.24, 2.45) is 5.73 Å². The third-order valence-electron chi connectivity index (χ3n) is 5.29. The Morgan fingerprint density at radius 3 is 2.20 bits per heavy atom. The van der Waals surface area contributed by atoms with Gasteiger partial charge in [0.15, 0.2) is 0 Å². The van der Waals surface area contributed by atoms with Gasteiger partial charge in [-0.2, -0.15) is 0 Å². The van der Waals surface area contributed by atoms with Crippen LogP contribution < -0.4 is 21.7 Å². The van der Waals surface area contributed by atoms with Crippen molar-refractivity contribution in [1.82, 2.24) is 10.6 Å². The molecule has 0 fully saturated rings. The lowest BCUT2D eigenvalue weighted by Gasteiger charge is -2.25. The Labute approximate surface area is 220 Å². The van der Waals surface area contributed by atoms with Crippen LogP contribution in [0.15, 0.2) is 54.6 Å². The zero-order chi connectivity index (χ0) is 25.6. The first kappa shape index (κ1) is 28.7. The lowest BCUT2D eigenvalue weighted by atomic mass is 10.0. The zero-order valence-electron chi connectivity index (χ0n) is 20.3. The topological polar surface area (TPSA) is 123 Å². The fourth-order valence-electron chi connectivity index (χ4n) is 3.57. The number of hydrogen-bond acceptors (Lipinski definition) is 6. The van der Waals surface area contributed by atoms with E-state index in [4.69, 9.17) is 10.5 Å². The Bertz CT molecular complexity index is 938. The van der Waals surface area contributed by atoms with E-state index in [0.29, 0.717) is 25.1 Å². The van der Waals surface area contributed by atoms with Crippen molar-refractivity contribution >= 4 is 44.1 Å². The summed E-state index contributed by atoms with van der Waals surface area (Å²) in [6.45, 7) is 4.67. The molecule has 0 spiro atoms. The number of ether oxygens (including phenoxy) is 1.